The van der Waals surface area contributed by atoms with Crippen molar-refractivity contribution in [2.75, 3.05) is 13.7 Å². The molecular formula is C14H17NO3. The van der Waals surface area contributed by atoms with Gasteiger partial charge in [0.2, 0.25) is 11.8 Å². The predicted octanol–water partition coefficient (Wildman–Crippen LogP) is 1.47. The molecule has 2 rings (SSSR count). The van der Waals surface area contributed by atoms with Crippen molar-refractivity contribution >= 4 is 11.8 Å². The third-order valence-corrected chi connectivity index (χ3v) is 3.39. The molecule has 2 atom stereocenters. The second-order valence-corrected chi connectivity index (χ2v) is 5.02. The van der Waals surface area contributed by atoms with E-state index in [0.717, 1.165) is 5.56 Å². The Morgan fingerprint density at radius 3 is 2.61 bits per heavy atom. The SMILES string of the molecule is COCC1(C)CC(=O)NC(=O)C1c1ccccc1. The number of nitrogens with one attached hydrogen (secondary N) is 1. The van der Waals surface area contributed by atoms with Gasteiger partial charge in [-0.1, -0.05) is 37.3 Å². The number of ether oxygens (including phenoxy) is 1. The van der Waals surface area contributed by atoms with Gasteiger partial charge in [0.15, 0.2) is 0 Å². The molecule has 96 valence electrons. The number of amides is 2. The molecule has 1 aromatic carbocycles. The van der Waals surface area contributed by atoms with E-state index in [1.807, 2.05) is 37.3 Å². The van der Waals surface area contributed by atoms with Crippen LogP contribution in [0.5, 0.6) is 0 Å². The Balaban J connectivity index is 2.40. The van der Waals surface area contributed by atoms with Gasteiger partial charge in [-0.3, -0.25) is 14.9 Å². The van der Waals surface area contributed by atoms with Gasteiger partial charge in [-0.15, -0.1) is 0 Å². The number of hydrogen-bond donors (Lipinski definition) is 1. The lowest BCUT2D eigenvalue weighted by molar-refractivity contribution is -0.141. The van der Waals surface area contributed by atoms with Crippen LogP contribution >= 0.6 is 0 Å². The van der Waals surface area contributed by atoms with Crippen LogP contribution in [0.3, 0.4) is 0 Å². The van der Waals surface area contributed by atoms with Crippen molar-refractivity contribution < 1.29 is 14.3 Å². The molecule has 0 spiro atoms. The Kier molecular flexibility index (Phi) is 3.48. The topological polar surface area (TPSA) is 55.4 Å². The van der Waals surface area contributed by atoms with Crippen LogP contribution in [0, 0.1) is 5.41 Å². The first-order valence-electron chi connectivity index (χ1n) is 5.94. The molecule has 4 heteroatoms. The van der Waals surface area contributed by atoms with E-state index >= 15 is 0 Å². The quantitative estimate of drug-likeness (QED) is 0.823. The van der Waals surface area contributed by atoms with E-state index in [0.29, 0.717) is 13.0 Å². The van der Waals surface area contributed by atoms with Crippen LogP contribution in [0.4, 0.5) is 0 Å². The zero-order valence-corrected chi connectivity index (χ0v) is 10.6. The average Bonchev–Trinajstić information content (AvgIpc) is 2.28. The molecule has 1 saturated heterocycles. The highest BCUT2D eigenvalue weighted by Gasteiger charge is 2.46. The molecule has 2 amide bonds. The second kappa shape index (κ2) is 4.90. The Morgan fingerprint density at radius 1 is 1.33 bits per heavy atom. The van der Waals surface area contributed by atoms with Gasteiger partial charge >= 0.3 is 0 Å². The van der Waals surface area contributed by atoms with E-state index < -0.39 is 5.41 Å². The molecule has 18 heavy (non-hydrogen) atoms. The van der Waals surface area contributed by atoms with E-state index in [4.69, 9.17) is 4.74 Å². The van der Waals surface area contributed by atoms with Crippen LogP contribution < -0.4 is 5.32 Å². The van der Waals surface area contributed by atoms with Crippen molar-refractivity contribution in [3.8, 4) is 0 Å². The molecule has 1 aliphatic heterocycles. The normalized spacial score (nSPS) is 28.0. The molecule has 1 heterocycles. The fourth-order valence-electron chi connectivity index (χ4n) is 2.70. The average molecular weight is 247 g/mol. The maximum Gasteiger partial charge on any atom is 0.234 e. The minimum atomic E-state index is -0.491. The standard InChI is InChI=1S/C14H17NO3/c1-14(9-18-2)8-11(16)15-13(17)12(14)10-6-4-3-5-7-10/h3-7,12H,8-9H2,1-2H3,(H,15,16,17). The first kappa shape index (κ1) is 12.8. The van der Waals surface area contributed by atoms with Crippen LogP contribution in [0.2, 0.25) is 0 Å². The van der Waals surface area contributed by atoms with Crippen LogP contribution in [-0.2, 0) is 14.3 Å². The number of piperidine rings is 1. The molecule has 1 N–H and O–H groups in total. The summed E-state index contributed by atoms with van der Waals surface area (Å²) in [6.07, 6.45) is 0.298. The molecule has 1 aromatic rings. The molecule has 0 aliphatic carbocycles. The highest BCUT2D eigenvalue weighted by Crippen LogP contribution is 2.41. The third kappa shape index (κ3) is 2.29. The van der Waals surface area contributed by atoms with E-state index in [9.17, 15) is 9.59 Å². The smallest absolute Gasteiger partial charge is 0.234 e. The van der Waals surface area contributed by atoms with Gasteiger partial charge in [0.25, 0.3) is 0 Å². The van der Waals surface area contributed by atoms with Gasteiger partial charge in [0, 0.05) is 18.9 Å². The number of hydrogen-bond acceptors (Lipinski definition) is 3. The molecule has 1 aliphatic rings. The number of carbonyl (C=O) groups is 2. The first-order chi connectivity index (χ1) is 8.57. The van der Waals surface area contributed by atoms with Crippen molar-refractivity contribution in [2.24, 2.45) is 5.41 Å². The highest BCUT2D eigenvalue weighted by molar-refractivity contribution is 6.02. The lowest BCUT2D eigenvalue weighted by Crippen LogP contribution is -2.51. The fourth-order valence-corrected chi connectivity index (χ4v) is 2.70. The molecule has 0 radical (unpaired) electrons. The van der Waals surface area contributed by atoms with Crippen LogP contribution in [-0.4, -0.2) is 25.5 Å². The van der Waals surface area contributed by atoms with Crippen molar-refractivity contribution in [2.45, 2.75) is 19.3 Å². The van der Waals surface area contributed by atoms with Gasteiger partial charge in [-0.2, -0.15) is 0 Å². The Morgan fingerprint density at radius 2 is 2.00 bits per heavy atom. The summed E-state index contributed by atoms with van der Waals surface area (Å²) in [5.74, 6) is -0.819. The lowest BCUT2D eigenvalue weighted by Gasteiger charge is -2.39. The maximum absolute atomic E-state index is 12.1. The number of methoxy groups -OCH3 is 1. The summed E-state index contributed by atoms with van der Waals surface area (Å²) >= 11 is 0. The summed E-state index contributed by atoms with van der Waals surface area (Å²) in [5.41, 5.74) is 0.428. The fraction of sp³-hybridized carbons (Fsp3) is 0.429. The van der Waals surface area contributed by atoms with Crippen molar-refractivity contribution in [3.63, 3.8) is 0 Å². The molecule has 1 fully saturated rings. The summed E-state index contributed by atoms with van der Waals surface area (Å²) in [7, 11) is 1.59. The minimum absolute atomic E-state index is 0.230. The second-order valence-electron chi connectivity index (χ2n) is 5.02. The van der Waals surface area contributed by atoms with Gasteiger partial charge in [0.1, 0.15) is 0 Å². The maximum atomic E-state index is 12.1. The monoisotopic (exact) mass is 247 g/mol. The summed E-state index contributed by atoms with van der Waals surface area (Å²) < 4.78 is 5.20. The Bertz CT molecular complexity index is 457. The zero-order chi connectivity index (χ0) is 13.2. The van der Waals surface area contributed by atoms with Gasteiger partial charge < -0.3 is 4.74 Å². The van der Waals surface area contributed by atoms with Gasteiger partial charge in [-0.05, 0) is 5.56 Å². The van der Waals surface area contributed by atoms with E-state index in [1.165, 1.54) is 0 Å². The van der Waals surface area contributed by atoms with Gasteiger partial charge in [0.05, 0.1) is 12.5 Å². The third-order valence-electron chi connectivity index (χ3n) is 3.39. The van der Waals surface area contributed by atoms with E-state index in [1.54, 1.807) is 7.11 Å². The van der Waals surface area contributed by atoms with Crippen molar-refractivity contribution in [1.82, 2.24) is 5.32 Å². The lowest BCUT2D eigenvalue weighted by atomic mass is 9.69. The first-order valence-corrected chi connectivity index (χ1v) is 5.94. The van der Waals surface area contributed by atoms with Crippen LogP contribution in [0.15, 0.2) is 30.3 Å². The highest BCUT2D eigenvalue weighted by atomic mass is 16.5. The summed E-state index contributed by atoms with van der Waals surface area (Å²) in [6, 6.07) is 9.52. The molecule has 0 saturated carbocycles. The van der Waals surface area contributed by atoms with Crippen LogP contribution in [0.1, 0.15) is 24.8 Å². The molecular weight excluding hydrogens is 230 g/mol. The summed E-state index contributed by atoms with van der Waals surface area (Å²) in [5, 5.41) is 2.41. The Labute approximate surface area is 106 Å². The molecule has 0 aromatic heterocycles. The van der Waals surface area contributed by atoms with Gasteiger partial charge in [-0.25, -0.2) is 0 Å². The van der Waals surface area contributed by atoms with Crippen molar-refractivity contribution in [1.29, 1.82) is 0 Å². The number of imide groups is 1. The molecule has 2 unspecified atom stereocenters. The zero-order valence-electron chi connectivity index (χ0n) is 10.6. The van der Waals surface area contributed by atoms with E-state index in [2.05, 4.69) is 5.32 Å². The Hall–Kier alpha value is -1.68. The number of benzene rings is 1. The summed E-state index contributed by atoms with van der Waals surface area (Å²) in [6.45, 7) is 2.30. The van der Waals surface area contributed by atoms with Crippen molar-refractivity contribution in [3.05, 3.63) is 35.9 Å². The minimum Gasteiger partial charge on any atom is -0.384 e. The number of rotatable bonds is 3. The van der Waals surface area contributed by atoms with E-state index in [-0.39, 0.29) is 17.7 Å². The predicted molar refractivity (Wildman–Crippen MR) is 66.9 cm³/mol. The summed E-state index contributed by atoms with van der Waals surface area (Å²) in [4.78, 5) is 23.7. The molecule has 4 nitrogen and oxygen atoms in total. The number of carbonyl (C=O) groups excluding carboxylic acids is 2. The van der Waals surface area contributed by atoms with Crippen LogP contribution in [0.25, 0.3) is 0 Å². The largest absolute Gasteiger partial charge is 0.384 e. The molecule has 0 bridgehead atoms.